The lowest BCUT2D eigenvalue weighted by Gasteiger charge is -1.94. The number of carbonyl (C=O) groups is 2. The van der Waals surface area contributed by atoms with Crippen LogP contribution in [-0.2, 0) is 0 Å². The Bertz CT molecular complexity index is 355. The minimum atomic E-state index is -1.06. The summed E-state index contributed by atoms with van der Waals surface area (Å²) in [6.45, 7) is 5.83. The van der Waals surface area contributed by atoms with Crippen LogP contribution in [0.25, 0.3) is 0 Å². The number of carboxylic acids is 2. The van der Waals surface area contributed by atoms with Crippen LogP contribution < -0.4 is 0 Å². The van der Waals surface area contributed by atoms with Crippen LogP contribution in [0.1, 0.15) is 20.7 Å². The number of aliphatic hydroxyl groups is 2. The molecule has 0 saturated heterocycles. The summed E-state index contributed by atoms with van der Waals surface area (Å²) in [5.74, 6) is -2.13. The summed E-state index contributed by atoms with van der Waals surface area (Å²) in [6, 6.07) is 5.02. The summed E-state index contributed by atoms with van der Waals surface area (Å²) >= 11 is 0. The van der Waals surface area contributed by atoms with E-state index in [-0.39, 0.29) is 11.1 Å². The first kappa shape index (κ1) is 17.6. The lowest BCUT2D eigenvalue weighted by atomic mass is 10.1. The number of benzene rings is 1. The zero-order valence-electron chi connectivity index (χ0n) is 9.48. The van der Waals surface area contributed by atoms with Gasteiger partial charge in [0.2, 0.25) is 0 Å². The van der Waals surface area contributed by atoms with Crippen LogP contribution in [0.5, 0.6) is 0 Å². The van der Waals surface area contributed by atoms with Gasteiger partial charge >= 0.3 is 11.9 Å². The van der Waals surface area contributed by atoms with Crippen molar-refractivity contribution in [2.75, 3.05) is 0 Å². The van der Waals surface area contributed by atoms with Crippen LogP contribution in [0.3, 0.4) is 0 Å². The van der Waals surface area contributed by atoms with Crippen LogP contribution in [-0.4, -0.2) is 32.4 Å². The first-order valence-electron chi connectivity index (χ1n) is 4.51. The Hall–Kier alpha value is -2.76. The first-order chi connectivity index (χ1) is 8.44. The van der Waals surface area contributed by atoms with Crippen LogP contribution in [0, 0.1) is 0 Å². The van der Waals surface area contributed by atoms with Crippen molar-refractivity contribution >= 4 is 11.9 Å². The van der Waals surface area contributed by atoms with Gasteiger partial charge in [0.15, 0.2) is 0 Å². The van der Waals surface area contributed by atoms with E-state index in [0.29, 0.717) is 0 Å². The van der Waals surface area contributed by atoms with Crippen molar-refractivity contribution in [2.24, 2.45) is 0 Å². The van der Waals surface area contributed by atoms with Gasteiger partial charge in [-0.15, -0.1) is 0 Å². The molecule has 0 aromatic heterocycles. The molecule has 18 heavy (non-hydrogen) atoms. The quantitative estimate of drug-likeness (QED) is 0.602. The molecule has 1 aromatic carbocycles. The second kappa shape index (κ2) is 10.7. The molecule has 6 heteroatoms. The maximum Gasteiger partial charge on any atom is 0.335 e. The predicted molar refractivity (Wildman–Crippen MR) is 66.0 cm³/mol. The summed E-state index contributed by atoms with van der Waals surface area (Å²) < 4.78 is 0. The van der Waals surface area contributed by atoms with E-state index in [9.17, 15) is 9.59 Å². The molecule has 0 aliphatic carbocycles. The molecular weight excluding hydrogens is 240 g/mol. The molecule has 4 N–H and O–H groups in total. The Labute approximate surface area is 104 Å². The maximum atomic E-state index is 10.3. The van der Waals surface area contributed by atoms with Crippen LogP contribution in [0.2, 0.25) is 0 Å². The number of hydrogen-bond acceptors (Lipinski definition) is 4. The lowest BCUT2D eigenvalue weighted by molar-refractivity contribution is 0.0681. The minimum absolute atomic E-state index is 0.0833. The van der Waals surface area contributed by atoms with E-state index >= 15 is 0 Å². The largest absolute Gasteiger partial charge is 0.516 e. The van der Waals surface area contributed by atoms with E-state index in [0.717, 1.165) is 12.5 Å². The molecule has 0 bridgehead atoms. The topological polar surface area (TPSA) is 115 Å². The molecule has 0 fully saturated rings. The Morgan fingerprint density at radius 1 is 0.833 bits per heavy atom. The molecule has 0 atom stereocenters. The van der Waals surface area contributed by atoms with Gasteiger partial charge in [-0.3, -0.25) is 0 Å². The van der Waals surface area contributed by atoms with E-state index in [4.69, 9.17) is 20.4 Å². The molecule has 0 saturated carbocycles. The molecular formula is C12H14O6. The standard InChI is InChI=1S/C8H6O4.2C2H4O/c9-7(10)5-1-2-6(4-3-5)8(11)12;2*1-2-3/h1-4H,(H,9,10)(H,11,12);2*2-3H,1H2. The van der Waals surface area contributed by atoms with Gasteiger partial charge in [-0.1, -0.05) is 13.2 Å². The van der Waals surface area contributed by atoms with Crippen molar-refractivity contribution in [2.45, 2.75) is 0 Å². The Kier molecular flexibility index (Phi) is 10.5. The zero-order valence-corrected chi connectivity index (χ0v) is 9.48. The highest BCUT2D eigenvalue weighted by Gasteiger charge is 2.04. The Morgan fingerprint density at radius 2 is 1.00 bits per heavy atom. The molecule has 98 valence electrons. The van der Waals surface area contributed by atoms with E-state index in [2.05, 4.69) is 13.2 Å². The van der Waals surface area contributed by atoms with Gasteiger partial charge in [0.1, 0.15) is 0 Å². The molecule has 0 aliphatic rings. The number of aliphatic hydroxyl groups excluding tert-OH is 2. The van der Waals surface area contributed by atoms with Crippen molar-refractivity contribution in [1.29, 1.82) is 0 Å². The summed E-state index contributed by atoms with van der Waals surface area (Å²) in [6.07, 6.45) is 1.50. The SMILES string of the molecule is C=CO.C=CO.O=C(O)c1ccc(C(=O)O)cc1. The van der Waals surface area contributed by atoms with E-state index in [1.165, 1.54) is 24.3 Å². The molecule has 0 spiro atoms. The monoisotopic (exact) mass is 254 g/mol. The number of hydrogen-bond donors (Lipinski definition) is 4. The third-order valence-corrected chi connectivity index (χ3v) is 1.38. The molecule has 0 amide bonds. The Morgan fingerprint density at radius 3 is 1.11 bits per heavy atom. The van der Waals surface area contributed by atoms with Crippen molar-refractivity contribution in [3.05, 3.63) is 61.1 Å². The number of aromatic carboxylic acids is 2. The fourth-order valence-electron chi connectivity index (χ4n) is 0.755. The molecule has 0 aliphatic heterocycles. The average molecular weight is 254 g/mol. The summed E-state index contributed by atoms with van der Waals surface area (Å²) in [5.41, 5.74) is 0.167. The predicted octanol–water partition coefficient (Wildman–Crippen LogP) is 2.46. The molecule has 1 rings (SSSR count). The molecule has 6 nitrogen and oxygen atoms in total. The third-order valence-electron chi connectivity index (χ3n) is 1.38. The third kappa shape index (κ3) is 8.54. The van der Waals surface area contributed by atoms with Crippen molar-refractivity contribution in [1.82, 2.24) is 0 Å². The maximum absolute atomic E-state index is 10.3. The van der Waals surface area contributed by atoms with Gasteiger partial charge in [0, 0.05) is 0 Å². The normalized spacial score (nSPS) is 7.56. The molecule has 0 unspecified atom stereocenters. The first-order valence-corrected chi connectivity index (χ1v) is 4.51. The second-order valence-electron chi connectivity index (χ2n) is 2.55. The highest BCUT2D eigenvalue weighted by atomic mass is 16.4. The van der Waals surface area contributed by atoms with Gasteiger partial charge < -0.3 is 20.4 Å². The van der Waals surface area contributed by atoms with E-state index in [1.807, 2.05) is 0 Å². The van der Waals surface area contributed by atoms with Crippen molar-refractivity contribution in [3.63, 3.8) is 0 Å². The summed E-state index contributed by atoms with van der Waals surface area (Å²) in [7, 11) is 0. The highest BCUT2D eigenvalue weighted by molar-refractivity contribution is 5.91. The fraction of sp³-hybridized carbons (Fsp3) is 0. The smallest absolute Gasteiger partial charge is 0.335 e. The average Bonchev–Trinajstić information content (AvgIpc) is 2.31. The van der Waals surface area contributed by atoms with Crippen molar-refractivity contribution in [3.8, 4) is 0 Å². The zero-order chi connectivity index (χ0) is 14.6. The molecule has 0 heterocycles. The van der Waals surface area contributed by atoms with E-state index < -0.39 is 11.9 Å². The molecule has 1 aromatic rings. The van der Waals surface area contributed by atoms with E-state index in [1.54, 1.807) is 0 Å². The fourth-order valence-corrected chi connectivity index (χ4v) is 0.755. The van der Waals surface area contributed by atoms with Gasteiger partial charge in [-0.25, -0.2) is 9.59 Å². The van der Waals surface area contributed by atoms with Gasteiger partial charge in [0.25, 0.3) is 0 Å². The summed E-state index contributed by atoms with van der Waals surface area (Å²) in [5, 5.41) is 31.6. The number of rotatable bonds is 2. The number of carboxylic acid groups (broad SMARTS) is 2. The minimum Gasteiger partial charge on any atom is -0.516 e. The van der Waals surface area contributed by atoms with Gasteiger partial charge in [0.05, 0.1) is 23.7 Å². The summed E-state index contributed by atoms with van der Waals surface area (Å²) in [4.78, 5) is 20.7. The van der Waals surface area contributed by atoms with Crippen LogP contribution in [0.15, 0.2) is 49.9 Å². The van der Waals surface area contributed by atoms with Crippen molar-refractivity contribution < 1.29 is 30.0 Å². The van der Waals surface area contributed by atoms with Crippen LogP contribution in [0.4, 0.5) is 0 Å². The second-order valence-corrected chi connectivity index (χ2v) is 2.55. The van der Waals surface area contributed by atoms with Gasteiger partial charge in [-0.05, 0) is 24.3 Å². The lowest BCUT2D eigenvalue weighted by Crippen LogP contribution is -1.99. The van der Waals surface area contributed by atoms with Gasteiger partial charge in [-0.2, -0.15) is 0 Å². The molecule has 0 radical (unpaired) electrons. The van der Waals surface area contributed by atoms with Crippen LogP contribution >= 0.6 is 0 Å². The Balaban J connectivity index is 0. The highest BCUT2D eigenvalue weighted by Crippen LogP contribution is 2.03.